The number of methoxy groups -OCH3 is 1. The fraction of sp³-hybridized carbons (Fsp3) is 0.533. The summed E-state index contributed by atoms with van der Waals surface area (Å²) in [4.78, 5) is 11.5. The number of rotatable bonds is 7. The third kappa shape index (κ3) is 4.24. The van der Waals surface area contributed by atoms with Crippen molar-refractivity contribution in [2.24, 2.45) is 11.7 Å². The van der Waals surface area contributed by atoms with E-state index in [4.69, 9.17) is 10.5 Å². The smallest absolute Gasteiger partial charge is 0.234 e. The van der Waals surface area contributed by atoms with Gasteiger partial charge < -0.3 is 10.5 Å². The van der Waals surface area contributed by atoms with Gasteiger partial charge in [0.1, 0.15) is 5.75 Å². The third-order valence-electron chi connectivity index (χ3n) is 3.28. The first-order valence-electron chi connectivity index (χ1n) is 6.68. The largest absolute Gasteiger partial charge is 0.497 e. The monoisotopic (exact) mass is 264 g/mol. The number of hydrogen-bond acceptors (Lipinski definition) is 3. The maximum absolute atomic E-state index is 11.5. The molecule has 4 nitrogen and oxygen atoms in total. The van der Waals surface area contributed by atoms with Crippen LogP contribution in [0.2, 0.25) is 0 Å². The summed E-state index contributed by atoms with van der Waals surface area (Å²) < 4.78 is 5.15. The summed E-state index contributed by atoms with van der Waals surface area (Å²) in [5.74, 6) is 0.695. The zero-order valence-electron chi connectivity index (χ0n) is 12.1. The number of carbonyl (C=O) groups is 1. The number of benzene rings is 1. The zero-order valence-corrected chi connectivity index (χ0v) is 12.1. The summed E-state index contributed by atoms with van der Waals surface area (Å²) in [6.07, 6.45) is 0.892. The van der Waals surface area contributed by atoms with Crippen molar-refractivity contribution in [3.63, 3.8) is 0 Å². The van der Waals surface area contributed by atoms with Gasteiger partial charge in [-0.2, -0.15) is 0 Å². The molecule has 3 N–H and O–H groups in total. The van der Waals surface area contributed by atoms with Crippen molar-refractivity contribution in [3.05, 3.63) is 29.8 Å². The highest BCUT2D eigenvalue weighted by Crippen LogP contribution is 2.21. The van der Waals surface area contributed by atoms with Crippen molar-refractivity contribution in [2.45, 2.75) is 39.3 Å². The van der Waals surface area contributed by atoms with Gasteiger partial charge in [-0.15, -0.1) is 0 Å². The van der Waals surface area contributed by atoms with Gasteiger partial charge in [-0.3, -0.25) is 10.1 Å². The summed E-state index contributed by atoms with van der Waals surface area (Å²) >= 11 is 0. The normalized spacial score (nSPS) is 14.2. The third-order valence-corrected chi connectivity index (χ3v) is 3.28. The van der Waals surface area contributed by atoms with Gasteiger partial charge >= 0.3 is 0 Å². The summed E-state index contributed by atoms with van der Waals surface area (Å²) in [7, 11) is 1.65. The van der Waals surface area contributed by atoms with Gasteiger partial charge in [0, 0.05) is 6.04 Å². The second kappa shape index (κ2) is 7.14. The van der Waals surface area contributed by atoms with Crippen molar-refractivity contribution < 1.29 is 9.53 Å². The Hall–Kier alpha value is -1.55. The number of hydrogen-bond donors (Lipinski definition) is 2. The first kappa shape index (κ1) is 15.5. The van der Waals surface area contributed by atoms with E-state index in [2.05, 4.69) is 12.2 Å². The van der Waals surface area contributed by atoms with E-state index in [1.54, 1.807) is 7.11 Å². The molecule has 0 radical (unpaired) electrons. The van der Waals surface area contributed by atoms with Gasteiger partial charge in [0.05, 0.1) is 13.2 Å². The Kier molecular flexibility index (Phi) is 5.83. The molecule has 2 atom stereocenters. The van der Waals surface area contributed by atoms with Gasteiger partial charge in [-0.1, -0.05) is 32.9 Å². The molecule has 0 aliphatic rings. The van der Waals surface area contributed by atoms with E-state index in [0.717, 1.165) is 17.7 Å². The van der Waals surface area contributed by atoms with Crippen molar-refractivity contribution in [3.8, 4) is 5.75 Å². The number of primary amides is 1. The van der Waals surface area contributed by atoms with Crippen LogP contribution in [-0.4, -0.2) is 19.1 Å². The molecule has 0 fully saturated rings. The molecule has 0 bridgehead atoms. The van der Waals surface area contributed by atoms with E-state index in [0.29, 0.717) is 0 Å². The summed E-state index contributed by atoms with van der Waals surface area (Å²) in [5.41, 5.74) is 6.58. The van der Waals surface area contributed by atoms with E-state index in [1.165, 1.54) is 0 Å². The molecule has 0 aliphatic heterocycles. The van der Waals surface area contributed by atoms with Crippen LogP contribution < -0.4 is 15.8 Å². The Labute approximate surface area is 115 Å². The fourth-order valence-corrected chi connectivity index (χ4v) is 2.11. The van der Waals surface area contributed by atoms with Gasteiger partial charge in [0.2, 0.25) is 5.91 Å². The average molecular weight is 264 g/mol. The van der Waals surface area contributed by atoms with Crippen molar-refractivity contribution in [1.29, 1.82) is 0 Å². The number of ether oxygens (including phenoxy) is 1. The first-order valence-corrected chi connectivity index (χ1v) is 6.68. The molecule has 1 aromatic carbocycles. The molecular weight excluding hydrogens is 240 g/mol. The fourth-order valence-electron chi connectivity index (χ4n) is 2.11. The zero-order chi connectivity index (χ0) is 14.4. The Morgan fingerprint density at radius 2 is 1.89 bits per heavy atom. The van der Waals surface area contributed by atoms with Gasteiger partial charge in [0.15, 0.2) is 0 Å². The summed E-state index contributed by atoms with van der Waals surface area (Å²) in [6, 6.07) is 7.68. The molecule has 1 rings (SSSR count). The second-order valence-electron chi connectivity index (χ2n) is 5.02. The first-order chi connectivity index (χ1) is 8.99. The van der Waals surface area contributed by atoms with E-state index >= 15 is 0 Å². The minimum absolute atomic E-state index is 0.116. The number of carbonyl (C=O) groups excluding carboxylic acids is 1. The molecule has 0 heterocycles. The molecule has 0 aromatic heterocycles. The molecule has 4 heteroatoms. The topological polar surface area (TPSA) is 64.3 Å². The Bertz CT molecular complexity index is 401. The lowest BCUT2D eigenvalue weighted by molar-refractivity contribution is -0.121. The molecule has 0 saturated heterocycles. The van der Waals surface area contributed by atoms with Crippen LogP contribution in [0.3, 0.4) is 0 Å². The van der Waals surface area contributed by atoms with E-state index in [1.807, 2.05) is 38.1 Å². The van der Waals surface area contributed by atoms with Crippen LogP contribution in [-0.2, 0) is 4.79 Å². The minimum Gasteiger partial charge on any atom is -0.497 e. The maximum Gasteiger partial charge on any atom is 0.234 e. The van der Waals surface area contributed by atoms with Gasteiger partial charge in [-0.25, -0.2) is 0 Å². The van der Waals surface area contributed by atoms with Gasteiger partial charge in [-0.05, 0) is 30.0 Å². The lowest BCUT2D eigenvalue weighted by Gasteiger charge is -2.26. The van der Waals surface area contributed by atoms with Crippen LogP contribution in [0.15, 0.2) is 24.3 Å². The van der Waals surface area contributed by atoms with Crippen molar-refractivity contribution >= 4 is 5.91 Å². The molecule has 2 unspecified atom stereocenters. The van der Waals surface area contributed by atoms with Crippen LogP contribution in [0, 0.1) is 5.92 Å². The highest BCUT2D eigenvalue weighted by Gasteiger charge is 2.23. The predicted octanol–water partition coefficient (Wildman–Crippen LogP) is 2.25. The van der Waals surface area contributed by atoms with Crippen molar-refractivity contribution in [2.75, 3.05) is 7.11 Å². The number of nitrogens with two attached hydrogens (primary N) is 1. The van der Waals surface area contributed by atoms with E-state index < -0.39 is 0 Å². The lowest BCUT2D eigenvalue weighted by atomic mass is 9.98. The minimum atomic E-state index is -0.313. The Balaban J connectivity index is 2.84. The maximum atomic E-state index is 11.5. The number of amides is 1. The Morgan fingerprint density at radius 3 is 2.26 bits per heavy atom. The molecule has 1 amide bonds. The number of nitrogens with one attached hydrogen (secondary N) is 1. The molecular formula is C15H24N2O2. The highest BCUT2D eigenvalue weighted by atomic mass is 16.5. The molecule has 1 aromatic rings. The highest BCUT2D eigenvalue weighted by molar-refractivity contribution is 5.80. The van der Waals surface area contributed by atoms with E-state index in [-0.39, 0.29) is 23.9 Å². The lowest BCUT2D eigenvalue weighted by Crippen LogP contribution is -2.46. The second-order valence-corrected chi connectivity index (χ2v) is 5.02. The molecule has 0 aliphatic carbocycles. The van der Waals surface area contributed by atoms with E-state index in [9.17, 15) is 4.79 Å². The van der Waals surface area contributed by atoms with Crippen LogP contribution in [0.1, 0.15) is 38.8 Å². The van der Waals surface area contributed by atoms with Crippen molar-refractivity contribution in [1.82, 2.24) is 5.32 Å². The summed E-state index contributed by atoms with van der Waals surface area (Å²) in [6.45, 7) is 6.06. The molecule has 19 heavy (non-hydrogen) atoms. The standard InChI is InChI=1S/C15H24N2O2/c1-5-13(17-14(10(2)3)15(16)18)11-6-8-12(19-4)9-7-11/h6-10,13-14,17H,5H2,1-4H3,(H2,16,18). The average Bonchev–Trinajstić information content (AvgIpc) is 2.39. The Morgan fingerprint density at radius 1 is 1.32 bits per heavy atom. The van der Waals surface area contributed by atoms with Crippen LogP contribution in [0.4, 0.5) is 0 Å². The quantitative estimate of drug-likeness (QED) is 0.794. The van der Waals surface area contributed by atoms with Crippen LogP contribution >= 0.6 is 0 Å². The molecule has 0 spiro atoms. The molecule has 106 valence electrons. The predicted molar refractivity (Wildman–Crippen MR) is 77.0 cm³/mol. The SMILES string of the molecule is CCC(NC(C(N)=O)C(C)C)c1ccc(OC)cc1. The van der Waals surface area contributed by atoms with Crippen LogP contribution in [0.5, 0.6) is 5.75 Å². The van der Waals surface area contributed by atoms with Crippen LogP contribution in [0.25, 0.3) is 0 Å². The van der Waals surface area contributed by atoms with Gasteiger partial charge in [0.25, 0.3) is 0 Å². The molecule has 0 saturated carbocycles. The summed E-state index contributed by atoms with van der Waals surface area (Å²) in [5, 5.41) is 3.34.